The molecular formula is C27H30FN5O5. The number of pyridine rings is 1. The van der Waals surface area contributed by atoms with Crippen LogP contribution in [-0.4, -0.2) is 58.6 Å². The van der Waals surface area contributed by atoms with Crippen molar-refractivity contribution in [1.82, 2.24) is 19.8 Å². The second-order valence-electron chi connectivity index (χ2n) is 9.07. The summed E-state index contributed by atoms with van der Waals surface area (Å²) < 4.78 is 19.6. The molecule has 3 amide bonds. The predicted molar refractivity (Wildman–Crippen MR) is 140 cm³/mol. The maximum atomic E-state index is 13.5. The van der Waals surface area contributed by atoms with E-state index in [0.29, 0.717) is 17.5 Å². The van der Waals surface area contributed by atoms with Gasteiger partial charge in [-0.1, -0.05) is 6.08 Å². The number of halogens is 1. The third-order valence-corrected chi connectivity index (χ3v) is 6.35. The van der Waals surface area contributed by atoms with Crippen LogP contribution in [0, 0.1) is 5.82 Å². The van der Waals surface area contributed by atoms with E-state index >= 15 is 0 Å². The van der Waals surface area contributed by atoms with Crippen LogP contribution < -0.4 is 16.2 Å². The Labute approximate surface area is 218 Å². The van der Waals surface area contributed by atoms with Gasteiger partial charge in [-0.2, -0.15) is 0 Å². The summed E-state index contributed by atoms with van der Waals surface area (Å²) in [5, 5.41) is 5.75. The number of aromatic amines is 1. The Balaban J connectivity index is 1.42. The van der Waals surface area contributed by atoms with Gasteiger partial charge in [0.2, 0.25) is 11.8 Å². The lowest BCUT2D eigenvalue weighted by Crippen LogP contribution is -2.44. The van der Waals surface area contributed by atoms with Crippen molar-refractivity contribution in [3.05, 3.63) is 76.6 Å². The fourth-order valence-corrected chi connectivity index (χ4v) is 4.37. The highest BCUT2D eigenvalue weighted by Crippen LogP contribution is 2.17. The number of H-pyrrole nitrogens is 1. The van der Waals surface area contributed by atoms with E-state index in [-0.39, 0.29) is 30.4 Å². The molecule has 0 spiro atoms. The van der Waals surface area contributed by atoms with Gasteiger partial charge in [-0.15, -0.1) is 0 Å². The first-order valence-corrected chi connectivity index (χ1v) is 12.4. The van der Waals surface area contributed by atoms with Gasteiger partial charge in [0.05, 0.1) is 13.7 Å². The number of methoxy groups -OCH3 is 1. The van der Waals surface area contributed by atoms with Gasteiger partial charge in [0.15, 0.2) is 0 Å². The number of fused-ring (bicyclic) bond motifs is 1. The zero-order chi connectivity index (χ0) is 27.1. The van der Waals surface area contributed by atoms with Crippen LogP contribution in [0.3, 0.4) is 0 Å². The Hall–Kier alpha value is -4.41. The third-order valence-electron chi connectivity index (χ3n) is 6.35. The van der Waals surface area contributed by atoms with Crippen molar-refractivity contribution in [2.75, 3.05) is 25.5 Å². The molecule has 2 aromatic heterocycles. The standard InChI is InChI=1S/C27H30FN5O5/c1-38-27(37)31-22(7-2-3-9-24(34)32-12-4-5-13-32)25(35)30-23-8-6-14-33(26(23)36)17-20-16-18-15-19(28)10-11-21(18)29-20/h3,6,8-11,14-16,22,29H,2,4-5,7,12-13,17H2,1H3,(H,30,35)(H,31,37). The van der Waals surface area contributed by atoms with Crippen LogP contribution in [0.15, 0.2) is 59.5 Å². The lowest BCUT2D eigenvalue weighted by molar-refractivity contribution is -0.125. The van der Waals surface area contributed by atoms with Crippen molar-refractivity contribution in [1.29, 1.82) is 0 Å². The van der Waals surface area contributed by atoms with E-state index < -0.39 is 23.6 Å². The van der Waals surface area contributed by atoms with Crippen LogP contribution in [0.4, 0.5) is 14.9 Å². The van der Waals surface area contributed by atoms with Gasteiger partial charge in [0, 0.05) is 35.9 Å². The molecule has 1 aliphatic rings. The first-order valence-electron chi connectivity index (χ1n) is 12.4. The number of rotatable bonds is 9. The molecule has 1 unspecified atom stereocenters. The number of anilines is 1. The van der Waals surface area contributed by atoms with Crippen LogP contribution in [0.1, 0.15) is 31.4 Å². The van der Waals surface area contributed by atoms with Crippen LogP contribution in [0.2, 0.25) is 0 Å². The minimum Gasteiger partial charge on any atom is -0.453 e. The summed E-state index contributed by atoms with van der Waals surface area (Å²) in [4.78, 5) is 55.0. The first-order chi connectivity index (χ1) is 18.3. The average Bonchev–Trinajstić information content (AvgIpc) is 3.57. The number of nitrogens with one attached hydrogen (secondary N) is 3. The quantitative estimate of drug-likeness (QED) is 0.372. The molecule has 1 saturated heterocycles. The second kappa shape index (κ2) is 12.2. The van der Waals surface area contributed by atoms with Gasteiger partial charge >= 0.3 is 6.09 Å². The van der Waals surface area contributed by atoms with Crippen molar-refractivity contribution in [2.24, 2.45) is 0 Å². The highest BCUT2D eigenvalue weighted by molar-refractivity contribution is 5.96. The molecule has 1 fully saturated rings. The molecular weight excluding hydrogens is 493 g/mol. The Morgan fingerprint density at radius 1 is 1.18 bits per heavy atom. The van der Waals surface area contributed by atoms with Crippen LogP contribution in [0.25, 0.3) is 10.9 Å². The lowest BCUT2D eigenvalue weighted by atomic mass is 10.1. The molecule has 4 rings (SSSR count). The monoisotopic (exact) mass is 523 g/mol. The lowest BCUT2D eigenvalue weighted by Gasteiger charge is -2.17. The van der Waals surface area contributed by atoms with Gasteiger partial charge in [-0.3, -0.25) is 14.4 Å². The summed E-state index contributed by atoms with van der Waals surface area (Å²) in [5.74, 6) is -1.02. The number of carbonyl (C=O) groups excluding carboxylic acids is 3. The number of carbonyl (C=O) groups is 3. The number of allylic oxidation sites excluding steroid dienone is 1. The molecule has 3 N–H and O–H groups in total. The second-order valence-corrected chi connectivity index (χ2v) is 9.07. The largest absolute Gasteiger partial charge is 0.453 e. The molecule has 1 aromatic carbocycles. The SMILES string of the molecule is COC(=O)NC(CCC=CC(=O)N1CCCC1)C(=O)Nc1cccn(Cc2cc3cc(F)ccc3[nH]2)c1=O. The van der Waals surface area contributed by atoms with Crippen molar-refractivity contribution < 1.29 is 23.5 Å². The molecule has 1 atom stereocenters. The van der Waals surface area contributed by atoms with Gasteiger partial charge in [0.1, 0.15) is 17.5 Å². The summed E-state index contributed by atoms with van der Waals surface area (Å²) >= 11 is 0. The number of alkyl carbamates (subject to hydrolysis) is 1. The average molecular weight is 524 g/mol. The fraction of sp³-hybridized carbons (Fsp3) is 0.333. The topological polar surface area (TPSA) is 126 Å². The molecule has 200 valence electrons. The number of hydrogen-bond acceptors (Lipinski definition) is 5. The Morgan fingerprint density at radius 3 is 2.74 bits per heavy atom. The zero-order valence-corrected chi connectivity index (χ0v) is 21.0. The van der Waals surface area contributed by atoms with Crippen molar-refractivity contribution in [3.8, 4) is 0 Å². The smallest absolute Gasteiger partial charge is 0.407 e. The molecule has 0 saturated carbocycles. The zero-order valence-electron chi connectivity index (χ0n) is 21.0. The molecule has 10 nitrogen and oxygen atoms in total. The van der Waals surface area contributed by atoms with Gasteiger partial charge in [0.25, 0.3) is 5.56 Å². The molecule has 3 aromatic rings. The Morgan fingerprint density at radius 2 is 1.97 bits per heavy atom. The number of aromatic nitrogens is 2. The Bertz CT molecular complexity index is 1410. The summed E-state index contributed by atoms with van der Waals surface area (Å²) in [5.41, 5.74) is 1.03. The minimum absolute atomic E-state index is 0.0380. The molecule has 11 heteroatoms. The molecule has 0 bridgehead atoms. The van der Waals surface area contributed by atoms with E-state index in [0.717, 1.165) is 31.4 Å². The van der Waals surface area contributed by atoms with Gasteiger partial charge in [-0.05, 0) is 68.2 Å². The molecule has 38 heavy (non-hydrogen) atoms. The van der Waals surface area contributed by atoms with E-state index in [4.69, 9.17) is 0 Å². The fourth-order valence-electron chi connectivity index (χ4n) is 4.37. The molecule has 0 aliphatic carbocycles. The van der Waals surface area contributed by atoms with Crippen molar-refractivity contribution >= 4 is 34.5 Å². The van der Waals surface area contributed by atoms with E-state index in [1.807, 2.05) is 0 Å². The summed E-state index contributed by atoms with van der Waals surface area (Å²) in [6, 6.07) is 8.24. The molecule has 1 aliphatic heterocycles. The number of nitrogens with zero attached hydrogens (tertiary/aromatic N) is 2. The number of amides is 3. The highest BCUT2D eigenvalue weighted by Gasteiger charge is 2.22. The first kappa shape index (κ1) is 26.6. The predicted octanol–water partition coefficient (Wildman–Crippen LogP) is 3.14. The van der Waals surface area contributed by atoms with E-state index in [1.54, 1.807) is 35.4 Å². The maximum absolute atomic E-state index is 13.5. The van der Waals surface area contributed by atoms with E-state index in [2.05, 4.69) is 20.4 Å². The van der Waals surface area contributed by atoms with Crippen molar-refractivity contribution in [3.63, 3.8) is 0 Å². The van der Waals surface area contributed by atoms with Crippen LogP contribution >= 0.6 is 0 Å². The van der Waals surface area contributed by atoms with Gasteiger partial charge < -0.3 is 29.8 Å². The summed E-state index contributed by atoms with van der Waals surface area (Å²) in [6.07, 6.45) is 6.47. The van der Waals surface area contributed by atoms with Crippen molar-refractivity contribution in [2.45, 2.75) is 38.3 Å². The number of ether oxygens (including phenoxy) is 1. The summed E-state index contributed by atoms with van der Waals surface area (Å²) in [7, 11) is 1.19. The third kappa shape index (κ3) is 6.67. The maximum Gasteiger partial charge on any atom is 0.407 e. The number of hydrogen-bond donors (Lipinski definition) is 3. The molecule has 3 heterocycles. The minimum atomic E-state index is -0.995. The van der Waals surface area contributed by atoms with E-state index in [9.17, 15) is 23.6 Å². The number of likely N-dealkylation sites (tertiary alicyclic amines) is 1. The summed E-state index contributed by atoms with van der Waals surface area (Å²) in [6.45, 7) is 1.66. The molecule has 0 radical (unpaired) electrons. The number of benzene rings is 1. The Kier molecular flexibility index (Phi) is 8.57. The normalized spacial score (nSPS) is 14.1. The van der Waals surface area contributed by atoms with Crippen LogP contribution in [-0.2, 0) is 20.9 Å². The van der Waals surface area contributed by atoms with Crippen LogP contribution in [0.5, 0.6) is 0 Å². The van der Waals surface area contributed by atoms with E-state index in [1.165, 1.54) is 36.0 Å². The van der Waals surface area contributed by atoms with Gasteiger partial charge in [-0.25, -0.2) is 9.18 Å². The highest BCUT2D eigenvalue weighted by atomic mass is 19.1.